The number of carbonyl (C=O) groups excluding carboxylic acids is 1. The third-order valence-corrected chi connectivity index (χ3v) is 3.78. The first-order valence-corrected chi connectivity index (χ1v) is 7.23. The van der Waals surface area contributed by atoms with Gasteiger partial charge in [-0.1, -0.05) is 12.1 Å². The number of benzene rings is 1. The second-order valence-electron chi connectivity index (χ2n) is 5.58. The fraction of sp³-hybridized carbons (Fsp3) is 0.533. The highest BCUT2D eigenvalue weighted by Crippen LogP contribution is 2.26. The van der Waals surface area contributed by atoms with Crippen molar-refractivity contribution in [2.45, 2.75) is 37.7 Å². The maximum atomic E-state index is 12.3. The number of carbonyl (C=O) groups is 1. The molecule has 1 amide bonds. The van der Waals surface area contributed by atoms with Crippen LogP contribution in [0, 0.1) is 0 Å². The molecule has 0 aliphatic carbocycles. The first-order valence-electron chi connectivity index (χ1n) is 7.23. The molecule has 1 aliphatic rings. The molecule has 136 valence electrons. The van der Waals surface area contributed by atoms with Gasteiger partial charge in [-0.15, -0.1) is 25.6 Å². The zero-order chi connectivity index (χ0) is 17.1. The second-order valence-corrected chi connectivity index (χ2v) is 5.58. The van der Waals surface area contributed by atoms with Gasteiger partial charge in [0.05, 0.1) is 11.6 Å². The zero-order valence-corrected chi connectivity index (χ0v) is 13.9. The SMILES string of the molecule is CC(NC(=O)C1(N)CCOCC1)c1cccc(OC(F)(F)F)c1.Cl. The van der Waals surface area contributed by atoms with Gasteiger partial charge < -0.3 is 20.5 Å². The van der Waals surface area contributed by atoms with Crippen molar-refractivity contribution in [3.8, 4) is 5.75 Å². The van der Waals surface area contributed by atoms with E-state index >= 15 is 0 Å². The topological polar surface area (TPSA) is 73.6 Å². The van der Waals surface area contributed by atoms with Gasteiger partial charge in [0.25, 0.3) is 0 Å². The number of nitrogens with one attached hydrogen (secondary N) is 1. The maximum absolute atomic E-state index is 12.3. The summed E-state index contributed by atoms with van der Waals surface area (Å²) in [6, 6.07) is 5.00. The smallest absolute Gasteiger partial charge is 0.406 e. The number of nitrogens with two attached hydrogens (primary N) is 1. The van der Waals surface area contributed by atoms with Gasteiger partial charge in [0.1, 0.15) is 5.75 Å². The normalized spacial score (nSPS) is 18.2. The highest BCUT2D eigenvalue weighted by Gasteiger charge is 2.36. The van der Waals surface area contributed by atoms with Gasteiger partial charge in [-0.05, 0) is 37.5 Å². The molecule has 1 fully saturated rings. The lowest BCUT2D eigenvalue weighted by atomic mass is 9.90. The molecule has 1 atom stereocenters. The predicted molar refractivity (Wildman–Crippen MR) is 83.9 cm³/mol. The molecular formula is C15H20ClF3N2O3. The van der Waals surface area contributed by atoms with Gasteiger partial charge >= 0.3 is 6.36 Å². The summed E-state index contributed by atoms with van der Waals surface area (Å²) in [6.07, 6.45) is -3.94. The molecule has 1 saturated heterocycles. The van der Waals surface area contributed by atoms with Crippen molar-refractivity contribution in [2.75, 3.05) is 13.2 Å². The summed E-state index contributed by atoms with van der Waals surface area (Å²) < 4.78 is 45.8. The van der Waals surface area contributed by atoms with E-state index in [2.05, 4.69) is 10.1 Å². The average molecular weight is 369 g/mol. The van der Waals surface area contributed by atoms with Crippen LogP contribution in [-0.4, -0.2) is 31.0 Å². The molecule has 24 heavy (non-hydrogen) atoms. The van der Waals surface area contributed by atoms with E-state index < -0.39 is 17.9 Å². The van der Waals surface area contributed by atoms with Crippen LogP contribution >= 0.6 is 12.4 Å². The highest BCUT2D eigenvalue weighted by atomic mass is 35.5. The van der Waals surface area contributed by atoms with Crippen molar-refractivity contribution < 1.29 is 27.4 Å². The molecule has 0 saturated carbocycles. The minimum atomic E-state index is -4.76. The van der Waals surface area contributed by atoms with E-state index in [0.717, 1.165) is 0 Å². The summed E-state index contributed by atoms with van der Waals surface area (Å²) in [5.41, 5.74) is 5.57. The quantitative estimate of drug-likeness (QED) is 0.857. The summed E-state index contributed by atoms with van der Waals surface area (Å²) >= 11 is 0. The van der Waals surface area contributed by atoms with Crippen LogP contribution in [-0.2, 0) is 9.53 Å². The summed E-state index contributed by atoms with van der Waals surface area (Å²) in [6.45, 7) is 2.49. The van der Waals surface area contributed by atoms with E-state index in [1.807, 2.05) is 0 Å². The van der Waals surface area contributed by atoms with Crippen LogP contribution in [0.4, 0.5) is 13.2 Å². The van der Waals surface area contributed by atoms with Gasteiger partial charge in [-0.2, -0.15) is 0 Å². The molecule has 0 spiro atoms. The van der Waals surface area contributed by atoms with Crippen LogP contribution in [0.3, 0.4) is 0 Å². The third kappa shape index (κ3) is 5.54. The lowest BCUT2D eigenvalue weighted by Gasteiger charge is -2.33. The van der Waals surface area contributed by atoms with Crippen molar-refractivity contribution in [3.05, 3.63) is 29.8 Å². The Morgan fingerprint density at radius 1 is 1.38 bits per heavy atom. The van der Waals surface area contributed by atoms with Gasteiger partial charge in [0, 0.05) is 13.2 Å². The van der Waals surface area contributed by atoms with E-state index in [1.54, 1.807) is 13.0 Å². The number of amides is 1. The molecule has 0 radical (unpaired) electrons. The molecule has 0 bridgehead atoms. The Morgan fingerprint density at radius 2 is 2.00 bits per heavy atom. The zero-order valence-electron chi connectivity index (χ0n) is 13.1. The Labute approximate surface area is 144 Å². The van der Waals surface area contributed by atoms with Gasteiger partial charge in [0.15, 0.2) is 0 Å². The van der Waals surface area contributed by atoms with E-state index in [0.29, 0.717) is 31.6 Å². The molecule has 5 nitrogen and oxygen atoms in total. The van der Waals surface area contributed by atoms with E-state index in [1.165, 1.54) is 18.2 Å². The second kappa shape index (κ2) is 8.04. The average Bonchev–Trinajstić information content (AvgIpc) is 2.46. The molecule has 0 aromatic heterocycles. The summed E-state index contributed by atoms with van der Waals surface area (Å²) in [5, 5.41) is 2.74. The fourth-order valence-corrected chi connectivity index (χ4v) is 2.37. The lowest BCUT2D eigenvalue weighted by Crippen LogP contribution is -2.57. The number of alkyl halides is 3. The highest BCUT2D eigenvalue weighted by molar-refractivity contribution is 5.86. The molecule has 9 heteroatoms. The largest absolute Gasteiger partial charge is 0.573 e. The molecule has 1 aromatic carbocycles. The number of hydrogen-bond acceptors (Lipinski definition) is 4. The van der Waals surface area contributed by atoms with Gasteiger partial charge in [-0.3, -0.25) is 4.79 Å². The summed E-state index contributed by atoms with van der Waals surface area (Å²) in [5.74, 6) is -0.667. The summed E-state index contributed by atoms with van der Waals surface area (Å²) in [4.78, 5) is 12.3. The Hall–Kier alpha value is -1.51. The molecule has 2 rings (SSSR count). The number of halogens is 4. The molecule has 1 heterocycles. The van der Waals surface area contributed by atoms with Crippen LogP contribution in [0.5, 0.6) is 5.75 Å². The van der Waals surface area contributed by atoms with Crippen molar-refractivity contribution in [2.24, 2.45) is 5.73 Å². The van der Waals surface area contributed by atoms with Crippen molar-refractivity contribution in [3.63, 3.8) is 0 Å². The van der Waals surface area contributed by atoms with E-state index in [9.17, 15) is 18.0 Å². The molecule has 1 unspecified atom stereocenters. The van der Waals surface area contributed by atoms with E-state index in [4.69, 9.17) is 10.5 Å². The van der Waals surface area contributed by atoms with Crippen LogP contribution in [0.1, 0.15) is 31.4 Å². The Morgan fingerprint density at radius 3 is 2.58 bits per heavy atom. The first kappa shape index (κ1) is 20.5. The molecule has 1 aliphatic heterocycles. The minimum Gasteiger partial charge on any atom is -0.406 e. The van der Waals surface area contributed by atoms with Crippen LogP contribution in [0.2, 0.25) is 0 Å². The van der Waals surface area contributed by atoms with Crippen molar-refractivity contribution in [1.29, 1.82) is 0 Å². The molecule has 3 N–H and O–H groups in total. The predicted octanol–water partition coefficient (Wildman–Crippen LogP) is 2.69. The van der Waals surface area contributed by atoms with Crippen molar-refractivity contribution in [1.82, 2.24) is 5.32 Å². The lowest BCUT2D eigenvalue weighted by molar-refractivity contribution is -0.274. The van der Waals surface area contributed by atoms with Crippen LogP contribution < -0.4 is 15.8 Å². The number of rotatable bonds is 4. The number of hydrogen-bond donors (Lipinski definition) is 2. The summed E-state index contributed by atoms with van der Waals surface area (Å²) in [7, 11) is 0. The minimum absolute atomic E-state index is 0. The number of ether oxygens (including phenoxy) is 2. The Balaban J connectivity index is 0.00000288. The van der Waals surface area contributed by atoms with Gasteiger partial charge in [-0.25, -0.2) is 0 Å². The van der Waals surface area contributed by atoms with Crippen LogP contribution in [0.15, 0.2) is 24.3 Å². The van der Waals surface area contributed by atoms with Crippen LogP contribution in [0.25, 0.3) is 0 Å². The van der Waals surface area contributed by atoms with Crippen molar-refractivity contribution >= 4 is 18.3 Å². The monoisotopic (exact) mass is 368 g/mol. The first-order chi connectivity index (χ1) is 10.7. The maximum Gasteiger partial charge on any atom is 0.573 e. The van der Waals surface area contributed by atoms with E-state index in [-0.39, 0.29) is 24.1 Å². The Kier molecular flexibility index (Phi) is 6.88. The molecular weight excluding hydrogens is 349 g/mol. The molecule has 1 aromatic rings. The van der Waals surface area contributed by atoms with Gasteiger partial charge in [0.2, 0.25) is 5.91 Å². The standard InChI is InChI=1S/C15H19F3N2O3.ClH/c1-10(20-13(21)14(19)5-7-22-8-6-14)11-3-2-4-12(9-11)23-15(16,17)18;/h2-4,9-10H,5-8,19H2,1H3,(H,20,21);1H. The Bertz CT molecular complexity index is 563. The third-order valence-electron chi connectivity index (χ3n) is 3.78. The fourth-order valence-electron chi connectivity index (χ4n) is 2.37.